The van der Waals surface area contributed by atoms with Crippen molar-refractivity contribution in [3.05, 3.63) is 46.4 Å². The van der Waals surface area contributed by atoms with Gasteiger partial charge >= 0.3 is 0 Å². The quantitative estimate of drug-likeness (QED) is 0.684. The zero-order chi connectivity index (χ0) is 19.2. The molecular weight excluding hydrogens is 408 g/mol. The Kier molecular flexibility index (Phi) is 6.85. The molecular formula is C21H27BrN2O3. The summed E-state index contributed by atoms with van der Waals surface area (Å²) in [4.78, 5) is 2.35. The minimum absolute atomic E-state index is 0.0872. The fraction of sp³-hybridized carbons (Fsp3) is 0.429. The highest BCUT2D eigenvalue weighted by molar-refractivity contribution is 9.10. The molecule has 0 amide bonds. The highest BCUT2D eigenvalue weighted by atomic mass is 79.9. The molecule has 27 heavy (non-hydrogen) atoms. The van der Waals surface area contributed by atoms with E-state index in [0.717, 1.165) is 53.5 Å². The predicted octanol–water partition coefficient (Wildman–Crippen LogP) is 4.69. The maximum atomic E-state index is 5.85. The van der Waals surface area contributed by atoms with Crippen LogP contribution in [0.1, 0.15) is 19.4 Å². The Morgan fingerprint density at radius 2 is 1.85 bits per heavy atom. The van der Waals surface area contributed by atoms with Gasteiger partial charge in [-0.1, -0.05) is 0 Å². The van der Waals surface area contributed by atoms with Crippen molar-refractivity contribution in [2.45, 2.75) is 26.5 Å². The van der Waals surface area contributed by atoms with Gasteiger partial charge in [-0.05, 0) is 71.7 Å². The Morgan fingerprint density at radius 1 is 1.15 bits per heavy atom. The lowest BCUT2D eigenvalue weighted by Crippen LogP contribution is -2.36. The van der Waals surface area contributed by atoms with Gasteiger partial charge in [0, 0.05) is 31.0 Å². The van der Waals surface area contributed by atoms with Crippen molar-refractivity contribution in [1.29, 1.82) is 0 Å². The number of halogens is 1. The largest absolute Gasteiger partial charge is 0.493 e. The van der Waals surface area contributed by atoms with E-state index in [1.54, 1.807) is 7.11 Å². The van der Waals surface area contributed by atoms with Crippen molar-refractivity contribution in [3.63, 3.8) is 0 Å². The minimum atomic E-state index is 0.0872. The lowest BCUT2D eigenvalue weighted by Gasteiger charge is -2.29. The van der Waals surface area contributed by atoms with Crippen molar-refractivity contribution < 1.29 is 14.2 Å². The van der Waals surface area contributed by atoms with Gasteiger partial charge in [-0.25, -0.2) is 0 Å². The van der Waals surface area contributed by atoms with Gasteiger partial charge in [0.25, 0.3) is 0 Å². The van der Waals surface area contributed by atoms with Crippen LogP contribution in [0.2, 0.25) is 0 Å². The van der Waals surface area contributed by atoms with E-state index in [1.807, 2.05) is 19.9 Å². The third kappa shape index (κ3) is 5.30. The van der Waals surface area contributed by atoms with E-state index in [-0.39, 0.29) is 6.10 Å². The Bertz CT molecular complexity index is 744. The molecule has 0 saturated carbocycles. The first-order valence-corrected chi connectivity index (χ1v) is 10.1. The highest BCUT2D eigenvalue weighted by Crippen LogP contribution is 2.37. The standard InChI is InChI=1S/C21H27BrN2O3/c1-15(2)27-21-19(22)12-16(13-20(21)25-3)14-23-17-4-6-18(7-5-17)24-8-10-26-11-9-24/h4-7,12-13,15,23H,8-11,14H2,1-3H3. The van der Waals surface area contributed by atoms with Gasteiger partial charge < -0.3 is 24.4 Å². The van der Waals surface area contributed by atoms with E-state index in [2.05, 4.69) is 56.5 Å². The van der Waals surface area contributed by atoms with Crippen LogP contribution in [0.3, 0.4) is 0 Å². The van der Waals surface area contributed by atoms with Gasteiger partial charge in [0.2, 0.25) is 0 Å². The van der Waals surface area contributed by atoms with Crippen LogP contribution < -0.4 is 19.7 Å². The number of morpholine rings is 1. The number of nitrogens with zero attached hydrogens (tertiary/aromatic N) is 1. The average Bonchev–Trinajstić information content (AvgIpc) is 2.69. The van der Waals surface area contributed by atoms with Crippen LogP contribution in [0.4, 0.5) is 11.4 Å². The smallest absolute Gasteiger partial charge is 0.175 e. The Balaban J connectivity index is 1.64. The molecule has 2 aromatic carbocycles. The molecule has 1 heterocycles. The van der Waals surface area contributed by atoms with Crippen LogP contribution in [0, 0.1) is 0 Å². The summed E-state index contributed by atoms with van der Waals surface area (Å²) in [7, 11) is 1.66. The topological polar surface area (TPSA) is 43.0 Å². The summed E-state index contributed by atoms with van der Waals surface area (Å²) < 4.78 is 17.7. The fourth-order valence-electron chi connectivity index (χ4n) is 3.04. The molecule has 146 valence electrons. The number of benzene rings is 2. The molecule has 1 N–H and O–H groups in total. The number of nitrogens with one attached hydrogen (secondary N) is 1. The van der Waals surface area contributed by atoms with Gasteiger partial charge in [0.15, 0.2) is 11.5 Å². The first-order valence-electron chi connectivity index (χ1n) is 9.26. The first-order chi connectivity index (χ1) is 13.1. The Hall–Kier alpha value is -1.92. The van der Waals surface area contributed by atoms with Crippen LogP contribution in [-0.2, 0) is 11.3 Å². The molecule has 0 unspecified atom stereocenters. The summed E-state index contributed by atoms with van der Waals surface area (Å²) in [6.07, 6.45) is 0.0872. The molecule has 1 saturated heterocycles. The van der Waals surface area contributed by atoms with Crippen LogP contribution in [-0.4, -0.2) is 39.5 Å². The van der Waals surface area contributed by atoms with Crippen molar-refractivity contribution in [2.75, 3.05) is 43.6 Å². The molecule has 2 aromatic rings. The molecule has 0 spiro atoms. The second-order valence-electron chi connectivity index (χ2n) is 6.78. The van der Waals surface area contributed by atoms with Gasteiger partial charge in [-0.3, -0.25) is 0 Å². The lowest BCUT2D eigenvalue weighted by atomic mass is 10.2. The SMILES string of the molecule is COc1cc(CNc2ccc(N3CCOCC3)cc2)cc(Br)c1OC(C)C. The number of anilines is 2. The molecule has 0 atom stereocenters. The number of hydrogen-bond acceptors (Lipinski definition) is 5. The second kappa shape index (κ2) is 9.33. The van der Waals surface area contributed by atoms with E-state index in [9.17, 15) is 0 Å². The van der Waals surface area contributed by atoms with E-state index in [4.69, 9.17) is 14.2 Å². The van der Waals surface area contributed by atoms with Crippen LogP contribution in [0.5, 0.6) is 11.5 Å². The molecule has 6 heteroatoms. The summed E-state index contributed by atoms with van der Waals surface area (Å²) in [5.74, 6) is 1.48. The number of rotatable bonds is 7. The third-order valence-electron chi connectivity index (χ3n) is 4.38. The molecule has 0 radical (unpaired) electrons. The van der Waals surface area contributed by atoms with Crippen LogP contribution >= 0.6 is 15.9 Å². The molecule has 3 rings (SSSR count). The maximum Gasteiger partial charge on any atom is 0.175 e. The summed E-state index contributed by atoms with van der Waals surface area (Å²) >= 11 is 3.60. The fourth-order valence-corrected chi connectivity index (χ4v) is 3.62. The predicted molar refractivity (Wildman–Crippen MR) is 113 cm³/mol. The van der Waals surface area contributed by atoms with Crippen molar-refractivity contribution in [2.24, 2.45) is 0 Å². The number of ether oxygens (including phenoxy) is 3. The average molecular weight is 435 g/mol. The molecule has 0 aromatic heterocycles. The van der Waals surface area contributed by atoms with Gasteiger partial charge in [-0.2, -0.15) is 0 Å². The Labute approximate surface area is 169 Å². The number of hydrogen-bond donors (Lipinski definition) is 1. The van der Waals surface area contributed by atoms with E-state index < -0.39 is 0 Å². The van der Waals surface area contributed by atoms with Crippen molar-refractivity contribution in [1.82, 2.24) is 0 Å². The normalized spacial score (nSPS) is 14.3. The van der Waals surface area contributed by atoms with Crippen LogP contribution in [0.15, 0.2) is 40.9 Å². The van der Waals surface area contributed by atoms with E-state index in [0.29, 0.717) is 6.54 Å². The summed E-state index contributed by atoms with van der Waals surface area (Å²) in [5.41, 5.74) is 3.44. The highest BCUT2D eigenvalue weighted by Gasteiger charge is 2.13. The summed E-state index contributed by atoms with van der Waals surface area (Å²) in [6.45, 7) is 8.20. The van der Waals surface area contributed by atoms with E-state index >= 15 is 0 Å². The monoisotopic (exact) mass is 434 g/mol. The van der Waals surface area contributed by atoms with Gasteiger partial charge in [0.05, 0.1) is 30.9 Å². The first kappa shape index (κ1) is 19.8. The van der Waals surface area contributed by atoms with Gasteiger partial charge in [0.1, 0.15) is 0 Å². The lowest BCUT2D eigenvalue weighted by molar-refractivity contribution is 0.122. The molecule has 5 nitrogen and oxygen atoms in total. The summed E-state index contributed by atoms with van der Waals surface area (Å²) in [5, 5.41) is 3.47. The second-order valence-corrected chi connectivity index (χ2v) is 7.63. The van der Waals surface area contributed by atoms with Crippen molar-refractivity contribution in [3.8, 4) is 11.5 Å². The Morgan fingerprint density at radius 3 is 2.48 bits per heavy atom. The molecule has 1 aliphatic rings. The molecule has 1 aliphatic heterocycles. The molecule has 0 bridgehead atoms. The zero-order valence-electron chi connectivity index (χ0n) is 16.1. The number of methoxy groups -OCH3 is 1. The third-order valence-corrected chi connectivity index (χ3v) is 4.97. The van der Waals surface area contributed by atoms with E-state index in [1.165, 1.54) is 5.69 Å². The zero-order valence-corrected chi connectivity index (χ0v) is 17.7. The van der Waals surface area contributed by atoms with Gasteiger partial charge in [-0.15, -0.1) is 0 Å². The molecule has 0 aliphatic carbocycles. The minimum Gasteiger partial charge on any atom is -0.493 e. The maximum absolute atomic E-state index is 5.85. The van der Waals surface area contributed by atoms with Crippen LogP contribution in [0.25, 0.3) is 0 Å². The van der Waals surface area contributed by atoms with Crippen molar-refractivity contribution >= 4 is 27.3 Å². The summed E-state index contributed by atoms with van der Waals surface area (Å²) in [6, 6.07) is 12.6. The molecule has 1 fully saturated rings.